The molecule has 0 aromatic rings. The topological polar surface area (TPSA) is 14.1 Å². The van der Waals surface area contributed by atoms with Gasteiger partial charge in [0, 0.05) is 12.6 Å². The predicted octanol–water partition coefficient (Wildman–Crippen LogP) is 3.89. The normalized spacial score (nSPS) is 16.9. The maximum absolute atomic E-state index is 4.66. The van der Waals surface area contributed by atoms with Gasteiger partial charge in [0.15, 0.2) is 0 Å². The molecule has 0 unspecified atom stereocenters. The first-order valence-electron chi connectivity index (χ1n) is 6.60. The van der Waals surface area contributed by atoms with E-state index in [4.69, 9.17) is 0 Å². The molecule has 0 saturated heterocycles. The van der Waals surface area contributed by atoms with Crippen molar-refractivity contribution in [2.45, 2.75) is 77.2 Å². The molecule has 83 valence electrons. The highest BCUT2D eigenvalue weighted by atomic mass is 14.9. The highest BCUT2D eigenvalue weighted by molar-refractivity contribution is 4.75. The molecule has 1 radical (unpaired) electrons. The van der Waals surface area contributed by atoms with Crippen LogP contribution in [0, 0.1) is 0 Å². The molecule has 0 aliphatic heterocycles. The smallest absolute Gasteiger partial charge is 0.0246 e. The summed E-state index contributed by atoms with van der Waals surface area (Å²) >= 11 is 0. The van der Waals surface area contributed by atoms with Crippen molar-refractivity contribution in [3.8, 4) is 0 Å². The fourth-order valence-corrected chi connectivity index (χ4v) is 1.91. The largest absolute Gasteiger partial charge is 0.238 e. The average Bonchev–Trinajstić information content (AvgIpc) is 2.13. The molecule has 1 aliphatic rings. The van der Waals surface area contributed by atoms with Gasteiger partial charge in [-0.3, -0.25) is 0 Å². The number of unbranched alkanes of at least 4 members (excludes halogenated alkanes) is 6. The van der Waals surface area contributed by atoms with Crippen LogP contribution in [0.2, 0.25) is 0 Å². The molecule has 0 aromatic heterocycles. The van der Waals surface area contributed by atoms with Crippen molar-refractivity contribution >= 4 is 0 Å². The lowest BCUT2D eigenvalue weighted by atomic mass is 9.93. The number of rotatable bonds is 9. The van der Waals surface area contributed by atoms with E-state index in [1.54, 1.807) is 0 Å². The van der Waals surface area contributed by atoms with Crippen molar-refractivity contribution in [2.75, 3.05) is 6.54 Å². The first-order valence-corrected chi connectivity index (χ1v) is 6.60. The number of hydrogen-bond donors (Lipinski definition) is 0. The fraction of sp³-hybridized carbons (Fsp3) is 1.00. The lowest BCUT2D eigenvalue weighted by molar-refractivity contribution is 0.330. The molecule has 0 bridgehead atoms. The van der Waals surface area contributed by atoms with Crippen LogP contribution in [0.3, 0.4) is 0 Å². The summed E-state index contributed by atoms with van der Waals surface area (Å²) in [5.74, 6) is 0. The SMILES string of the molecule is CCCCCCCCC[N]C1CCC1. The minimum absolute atomic E-state index is 0.759. The third-order valence-corrected chi connectivity index (χ3v) is 3.22. The molecule has 1 nitrogen and oxygen atoms in total. The van der Waals surface area contributed by atoms with Crippen molar-refractivity contribution in [3.63, 3.8) is 0 Å². The monoisotopic (exact) mass is 196 g/mol. The number of hydrogen-bond acceptors (Lipinski definition) is 0. The van der Waals surface area contributed by atoms with Crippen LogP contribution in [0.25, 0.3) is 0 Å². The zero-order valence-electron chi connectivity index (χ0n) is 9.80. The predicted molar refractivity (Wildman–Crippen MR) is 62.6 cm³/mol. The summed E-state index contributed by atoms with van der Waals surface area (Å²) in [4.78, 5) is 0. The highest BCUT2D eigenvalue weighted by Crippen LogP contribution is 2.19. The summed E-state index contributed by atoms with van der Waals surface area (Å²) in [5, 5.41) is 4.66. The molecule has 0 amide bonds. The maximum atomic E-state index is 4.66. The lowest BCUT2D eigenvalue weighted by Gasteiger charge is -2.24. The molecule has 1 saturated carbocycles. The first-order chi connectivity index (χ1) is 6.93. The molecular formula is C13H26N. The van der Waals surface area contributed by atoms with Crippen LogP contribution in [0.4, 0.5) is 0 Å². The molecule has 1 heteroatoms. The molecule has 0 heterocycles. The van der Waals surface area contributed by atoms with E-state index < -0.39 is 0 Å². The van der Waals surface area contributed by atoms with E-state index in [9.17, 15) is 0 Å². The summed E-state index contributed by atoms with van der Waals surface area (Å²) in [7, 11) is 0. The van der Waals surface area contributed by atoms with E-state index in [0.717, 1.165) is 12.6 Å². The highest BCUT2D eigenvalue weighted by Gasteiger charge is 2.16. The summed E-state index contributed by atoms with van der Waals surface area (Å²) in [6.07, 6.45) is 14.0. The molecule has 0 N–H and O–H groups in total. The Morgan fingerprint density at radius 1 is 0.929 bits per heavy atom. The second-order valence-corrected chi connectivity index (χ2v) is 4.61. The second-order valence-electron chi connectivity index (χ2n) is 4.61. The van der Waals surface area contributed by atoms with Crippen LogP contribution < -0.4 is 5.32 Å². The Labute approximate surface area is 89.7 Å². The molecule has 1 rings (SSSR count). The van der Waals surface area contributed by atoms with Crippen LogP contribution in [0.5, 0.6) is 0 Å². The van der Waals surface area contributed by atoms with Crippen molar-refractivity contribution in [2.24, 2.45) is 0 Å². The molecule has 1 fully saturated rings. The summed E-state index contributed by atoms with van der Waals surface area (Å²) in [6.45, 7) is 3.41. The van der Waals surface area contributed by atoms with E-state index in [-0.39, 0.29) is 0 Å². The van der Waals surface area contributed by atoms with Gasteiger partial charge in [0.25, 0.3) is 0 Å². The Morgan fingerprint density at radius 3 is 2.14 bits per heavy atom. The van der Waals surface area contributed by atoms with Gasteiger partial charge in [0.05, 0.1) is 0 Å². The molecule has 0 atom stereocenters. The van der Waals surface area contributed by atoms with Gasteiger partial charge in [-0.1, -0.05) is 51.9 Å². The summed E-state index contributed by atoms with van der Waals surface area (Å²) < 4.78 is 0. The van der Waals surface area contributed by atoms with Gasteiger partial charge in [-0.2, -0.15) is 0 Å². The van der Waals surface area contributed by atoms with Crippen molar-refractivity contribution < 1.29 is 0 Å². The van der Waals surface area contributed by atoms with Gasteiger partial charge in [0.2, 0.25) is 0 Å². The van der Waals surface area contributed by atoms with Crippen LogP contribution in [-0.2, 0) is 0 Å². The average molecular weight is 196 g/mol. The van der Waals surface area contributed by atoms with Gasteiger partial charge < -0.3 is 0 Å². The van der Waals surface area contributed by atoms with E-state index in [1.165, 1.54) is 64.2 Å². The van der Waals surface area contributed by atoms with E-state index in [2.05, 4.69) is 12.2 Å². The van der Waals surface area contributed by atoms with E-state index in [1.807, 2.05) is 0 Å². The van der Waals surface area contributed by atoms with Crippen molar-refractivity contribution in [1.29, 1.82) is 0 Å². The third kappa shape index (κ3) is 5.64. The number of nitrogens with zero attached hydrogens (tertiary/aromatic N) is 1. The quantitative estimate of drug-likeness (QED) is 0.497. The van der Waals surface area contributed by atoms with Crippen molar-refractivity contribution in [1.82, 2.24) is 5.32 Å². The van der Waals surface area contributed by atoms with Crippen molar-refractivity contribution in [3.05, 3.63) is 0 Å². The second kappa shape index (κ2) is 8.28. The minimum atomic E-state index is 0.759. The Kier molecular flexibility index (Phi) is 7.12. The molecule has 0 aromatic carbocycles. The Bertz CT molecular complexity index is 118. The Morgan fingerprint density at radius 2 is 1.57 bits per heavy atom. The van der Waals surface area contributed by atoms with E-state index >= 15 is 0 Å². The molecule has 0 spiro atoms. The lowest BCUT2D eigenvalue weighted by Crippen LogP contribution is -2.29. The first kappa shape index (κ1) is 12.0. The van der Waals surface area contributed by atoms with Crippen LogP contribution in [0.1, 0.15) is 71.1 Å². The molecule has 1 aliphatic carbocycles. The van der Waals surface area contributed by atoms with Gasteiger partial charge in [-0.25, -0.2) is 5.32 Å². The van der Waals surface area contributed by atoms with Crippen LogP contribution in [-0.4, -0.2) is 12.6 Å². The zero-order chi connectivity index (χ0) is 10.1. The van der Waals surface area contributed by atoms with Crippen LogP contribution >= 0.6 is 0 Å². The summed E-state index contributed by atoms with van der Waals surface area (Å²) in [6, 6.07) is 0.759. The summed E-state index contributed by atoms with van der Waals surface area (Å²) in [5.41, 5.74) is 0. The molecule has 14 heavy (non-hydrogen) atoms. The fourth-order valence-electron chi connectivity index (χ4n) is 1.91. The standard InChI is InChI=1S/C13H26N/c1-2-3-4-5-6-7-8-12-14-13-10-9-11-13/h13H,2-12H2,1H3. The van der Waals surface area contributed by atoms with Gasteiger partial charge >= 0.3 is 0 Å². The minimum Gasteiger partial charge on any atom is -0.238 e. The third-order valence-electron chi connectivity index (χ3n) is 3.22. The maximum Gasteiger partial charge on any atom is 0.0246 e. The Hall–Kier alpha value is -0.0400. The van der Waals surface area contributed by atoms with Gasteiger partial charge in [-0.05, 0) is 19.3 Å². The molecular weight excluding hydrogens is 170 g/mol. The Balaban J connectivity index is 1.67. The zero-order valence-corrected chi connectivity index (χ0v) is 9.80. The van der Waals surface area contributed by atoms with Crippen LogP contribution in [0.15, 0.2) is 0 Å². The van der Waals surface area contributed by atoms with Gasteiger partial charge in [0.1, 0.15) is 0 Å². The van der Waals surface area contributed by atoms with E-state index in [0.29, 0.717) is 0 Å². The van der Waals surface area contributed by atoms with Gasteiger partial charge in [-0.15, -0.1) is 0 Å².